The zero-order valence-corrected chi connectivity index (χ0v) is 15.8. The average molecular weight is 380 g/mol. The number of hydrogen-bond donors (Lipinski definition) is 1. The molecule has 1 aliphatic heterocycles. The minimum absolute atomic E-state index is 0.282. The fourth-order valence-electron chi connectivity index (χ4n) is 2.87. The van der Waals surface area contributed by atoms with Gasteiger partial charge in [0, 0.05) is 31.9 Å². The highest BCUT2D eigenvalue weighted by atomic mass is 32.1. The van der Waals surface area contributed by atoms with E-state index in [1.807, 2.05) is 77.6 Å². The van der Waals surface area contributed by atoms with Crippen LogP contribution in [0.4, 0.5) is 0 Å². The molecule has 138 valence electrons. The molecule has 0 fully saturated rings. The Morgan fingerprint density at radius 2 is 1.96 bits per heavy atom. The summed E-state index contributed by atoms with van der Waals surface area (Å²) in [7, 11) is 1.97. The number of hydrogen-bond acceptors (Lipinski definition) is 4. The summed E-state index contributed by atoms with van der Waals surface area (Å²) in [4.78, 5) is 1.99. The standard InChI is InChI=1S/C20H20N4O2S/c1-23(12-16-11-22-24(13-16)17-5-3-2-4-6-17)20(27)21-10-15-7-8-18-19(9-15)26-14-25-18/h2-9,11,13H,10,12,14H2,1H3,(H,21,27). The van der Waals surface area contributed by atoms with E-state index in [0.29, 0.717) is 18.2 Å². The number of nitrogens with zero attached hydrogens (tertiary/aromatic N) is 3. The van der Waals surface area contributed by atoms with Gasteiger partial charge in [-0.1, -0.05) is 24.3 Å². The molecule has 0 aliphatic carbocycles. The minimum atomic E-state index is 0.282. The van der Waals surface area contributed by atoms with Gasteiger partial charge >= 0.3 is 0 Å². The molecule has 1 aromatic heterocycles. The number of thiocarbonyl (C=S) groups is 1. The lowest BCUT2D eigenvalue weighted by Crippen LogP contribution is -2.36. The van der Waals surface area contributed by atoms with Gasteiger partial charge in [-0.3, -0.25) is 0 Å². The first kappa shape index (κ1) is 17.4. The second-order valence-electron chi connectivity index (χ2n) is 6.33. The molecule has 2 aromatic carbocycles. The number of benzene rings is 2. The van der Waals surface area contributed by atoms with Gasteiger partial charge in [-0.05, 0) is 42.0 Å². The zero-order chi connectivity index (χ0) is 18.6. The predicted octanol–water partition coefficient (Wildman–Crippen LogP) is 3.11. The van der Waals surface area contributed by atoms with Crippen molar-refractivity contribution in [3.8, 4) is 17.2 Å². The van der Waals surface area contributed by atoms with Crippen molar-refractivity contribution in [2.75, 3.05) is 13.8 Å². The fourth-order valence-corrected chi connectivity index (χ4v) is 3.01. The summed E-state index contributed by atoms with van der Waals surface area (Å²) in [5, 5.41) is 8.39. The van der Waals surface area contributed by atoms with E-state index in [0.717, 1.165) is 28.3 Å². The first-order valence-electron chi connectivity index (χ1n) is 8.65. The topological polar surface area (TPSA) is 51.6 Å². The zero-order valence-electron chi connectivity index (χ0n) is 15.0. The lowest BCUT2D eigenvalue weighted by Gasteiger charge is -2.20. The molecular weight excluding hydrogens is 360 g/mol. The van der Waals surface area contributed by atoms with Crippen LogP contribution in [-0.2, 0) is 13.1 Å². The summed E-state index contributed by atoms with van der Waals surface area (Å²) in [6.07, 6.45) is 3.89. The van der Waals surface area contributed by atoms with Gasteiger partial charge in [0.05, 0.1) is 11.9 Å². The third-order valence-corrected chi connectivity index (χ3v) is 4.76. The summed E-state index contributed by atoms with van der Waals surface area (Å²) in [5.74, 6) is 1.57. The van der Waals surface area contributed by atoms with Crippen LogP contribution in [0.1, 0.15) is 11.1 Å². The van der Waals surface area contributed by atoms with Crippen molar-refractivity contribution < 1.29 is 9.47 Å². The molecular formula is C20H20N4O2S. The Labute approximate surface area is 163 Å². The van der Waals surface area contributed by atoms with Crippen LogP contribution in [0.5, 0.6) is 11.5 Å². The third kappa shape index (κ3) is 4.03. The van der Waals surface area contributed by atoms with Crippen LogP contribution >= 0.6 is 12.2 Å². The molecule has 7 heteroatoms. The van der Waals surface area contributed by atoms with Gasteiger partial charge in [-0.25, -0.2) is 4.68 Å². The molecule has 1 N–H and O–H groups in total. The highest BCUT2D eigenvalue weighted by Gasteiger charge is 2.13. The number of rotatable bonds is 5. The molecule has 0 radical (unpaired) electrons. The van der Waals surface area contributed by atoms with Crippen LogP contribution in [0, 0.1) is 0 Å². The molecule has 6 nitrogen and oxygen atoms in total. The number of fused-ring (bicyclic) bond motifs is 1. The largest absolute Gasteiger partial charge is 0.454 e. The lowest BCUT2D eigenvalue weighted by molar-refractivity contribution is 0.174. The van der Waals surface area contributed by atoms with Gasteiger partial charge in [0.2, 0.25) is 6.79 Å². The number of ether oxygens (including phenoxy) is 2. The second-order valence-corrected chi connectivity index (χ2v) is 6.72. The van der Waals surface area contributed by atoms with Gasteiger partial charge < -0.3 is 19.7 Å². The lowest BCUT2D eigenvalue weighted by atomic mass is 10.2. The summed E-state index contributed by atoms with van der Waals surface area (Å²) in [6, 6.07) is 15.9. The van der Waals surface area contributed by atoms with Crippen LogP contribution in [0.25, 0.3) is 5.69 Å². The number of aromatic nitrogens is 2. The molecule has 0 spiro atoms. The van der Waals surface area contributed by atoms with Gasteiger partial charge in [0.25, 0.3) is 0 Å². The summed E-state index contributed by atoms with van der Waals surface area (Å²) >= 11 is 5.51. The van der Waals surface area contributed by atoms with Crippen molar-refractivity contribution in [1.29, 1.82) is 0 Å². The van der Waals surface area contributed by atoms with Crippen molar-refractivity contribution in [3.05, 3.63) is 72.1 Å². The molecule has 0 saturated carbocycles. The van der Waals surface area contributed by atoms with Gasteiger partial charge in [-0.2, -0.15) is 5.10 Å². The number of para-hydroxylation sites is 1. The monoisotopic (exact) mass is 380 g/mol. The van der Waals surface area contributed by atoms with Crippen LogP contribution in [0.15, 0.2) is 60.9 Å². The minimum Gasteiger partial charge on any atom is -0.454 e. The Kier molecular flexibility index (Phi) is 4.93. The second kappa shape index (κ2) is 7.67. The van der Waals surface area contributed by atoms with E-state index in [4.69, 9.17) is 21.7 Å². The van der Waals surface area contributed by atoms with Crippen LogP contribution in [-0.4, -0.2) is 33.6 Å². The van der Waals surface area contributed by atoms with Crippen LogP contribution < -0.4 is 14.8 Å². The Bertz CT molecular complexity index is 942. The van der Waals surface area contributed by atoms with E-state index >= 15 is 0 Å². The molecule has 0 bridgehead atoms. The first-order valence-corrected chi connectivity index (χ1v) is 9.06. The Hall–Kier alpha value is -3.06. The third-order valence-electron chi connectivity index (χ3n) is 4.30. The van der Waals surface area contributed by atoms with Crippen molar-refractivity contribution in [2.24, 2.45) is 0 Å². The molecule has 0 unspecified atom stereocenters. The average Bonchev–Trinajstić information content (AvgIpc) is 3.35. The molecule has 0 atom stereocenters. The van der Waals surface area contributed by atoms with E-state index < -0.39 is 0 Å². The van der Waals surface area contributed by atoms with Gasteiger partial charge in [0.1, 0.15) is 0 Å². The SMILES string of the molecule is CN(Cc1cnn(-c2ccccc2)c1)C(=S)NCc1ccc2c(c1)OCO2. The fraction of sp³-hybridized carbons (Fsp3) is 0.200. The maximum absolute atomic E-state index is 5.51. The Balaban J connectivity index is 1.32. The molecule has 3 aromatic rings. The first-order chi connectivity index (χ1) is 13.2. The molecule has 4 rings (SSSR count). The highest BCUT2D eigenvalue weighted by molar-refractivity contribution is 7.80. The van der Waals surface area contributed by atoms with E-state index in [2.05, 4.69) is 10.4 Å². The molecule has 0 amide bonds. The summed E-state index contributed by atoms with van der Waals surface area (Å²) in [6.45, 7) is 1.59. The number of nitrogens with one attached hydrogen (secondary N) is 1. The highest BCUT2D eigenvalue weighted by Crippen LogP contribution is 2.32. The summed E-state index contributed by atoms with van der Waals surface area (Å²) in [5.41, 5.74) is 3.22. The van der Waals surface area contributed by atoms with E-state index in [-0.39, 0.29) is 6.79 Å². The van der Waals surface area contributed by atoms with Crippen LogP contribution in [0.3, 0.4) is 0 Å². The van der Waals surface area contributed by atoms with Gasteiger partial charge in [-0.15, -0.1) is 0 Å². The van der Waals surface area contributed by atoms with E-state index in [1.54, 1.807) is 0 Å². The molecule has 0 saturated heterocycles. The van der Waals surface area contributed by atoms with E-state index in [1.165, 1.54) is 0 Å². The van der Waals surface area contributed by atoms with Gasteiger partial charge in [0.15, 0.2) is 16.6 Å². The maximum atomic E-state index is 5.51. The van der Waals surface area contributed by atoms with Crippen molar-refractivity contribution in [2.45, 2.75) is 13.1 Å². The smallest absolute Gasteiger partial charge is 0.231 e. The van der Waals surface area contributed by atoms with Crippen molar-refractivity contribution in [3.63, 3.8) is 0 Å². The van der Waals surface area contributed by atoms with Crippen molar-refractivity contribution in [1.82, 2.24) is 20.0 Å². The maximum Gasteiger partial charge on any atom is 0.231 e. The summed E-state index contributed by atoms with van der Waals surface area (Å²) < 4.78 is 12.6. The predicted molar refractivity (Wildman–Crippen MR) is 107 cm³/mol. The quantitative estimate of drug-likeness (QED) is 0.687. The Morgan fingerprint density at radius 1 is 1.15 bits per heavy atom. The van der Waals surface area contributed by atoms with Crippen molar-refractivity contribution >= 4 is 17.3 Å². The molecule has 27 heavy (non-hydrogen) atoms. The molecule has 1 aliphatic rings. The Morgan fingerprint density at radius 3 is 2.81 bits per heavy atom. The molecule has 2 heterocycles. The van der Waals surface area contributed by atoms with Crippen LogP contribution in [0.2, 0.25) is 0 Å². The van der Waals surface area contributed by atoms with E-state index in [9.17, 15) is 0 Å². The normalized spacial score (nSPS) is 12.0.